The maximum Gasteiger partial charge on any atom is 0.257 e. The number of allylic oxidation sites excluding steroid dienone is 1. The van der Waals surface area contributed by atoms with Crippen molar-refractivity contribution in [3.05, 3.63) is 41.0 Å². The van der Waals surface area contributed by atoms with Crippen molar-refractivity contribution in [1.82, 2.24) is 5.32 Å². The number of carbonyl (C=O) groups excluding carboxylic acids is 1. The number of carbonyl (C=O) groups is 1. The Morgan fingerprint density at radius 1 is 1.29 bits per heavy atom. The first-order valence-electron chi connectivity index (χ1n) is 7.80. The highest BCUT2D eigenvalue weighted by molar-refractivity contribution is 5.77. The van der Waals surface area contributed by atoms with Crippen molar-refractivity contribution in [2.45, 2.75) is 46.0 Å². The highest BCUT2D eigenvalue weighted by Crippen LogP contribution is 2.20. The Hall–Kier alpha value is -1.77. The van der Waals surface area contributed by atoms with E-state index in [9.17, 15) is 4.79 Å². The lowest BCUT2D eigenvalue weighted by Gasteiger charge is -2.13. The summed E-state index contributed by atoms with van der Waals surface area (Å²) in [5.41, 5.74) is 3.75. The molecule has 0 fully saturated rings. The summed E-state index contributed by atoms with van der Waals surface area (Å²) in [7, 11) is 0. The van der Waals surface area contributed by atoms with Crippen LogP contribution in [0.2, 0.25) is 0 Å². The van der Waals surface area contributed by atoms with Gasteiger partial charge in [0.05, 0.1) is 0 Å². The van der Waals surface area contributed by atoms with Gasteiger partial charge in [-0.15, -0.1) is 0 Å². The first-order valence-corrected chi connectivity index (χ1v) is 7.80. The summed E-state index contributed by atoms with van der Waals surface area (Å²) >= 11 is 0. The molecular formula is C18H25NO2. The molecule has 0 spiro atoms. The minimum absolute atomic E-state index is 0.0496. The topological polar surface area (TPSA) is 38.3 Å². The molecule has 2 rings (SSSR count). The van der Waals surface area contributed by atoms with Gasteiger partial charge in [-0.25, -0.2) is 0 Å². The maximum absolute atomic E-state index is 11.8. The van der Waals surface area contributed by atoms with Gasteiger partial charge in [-0.3, -0.25) is 4.79 Å². The van der Waals surface area contributed by atoms with Gasteiger partial charge < -0.3 is 10.1 Å². The molecule has 0 aromatic heterocycles. The van der Waals surface area contributed by atoms with Crippen LogP contribution in [0.15, 0.2) is 29.8 Å². The fourth-order valence-electron chi connectivity index (χ4n) is 2.65. The number of nitrogens with one attached hydrogen (secondary N) is 1. The number of amides is 1. The van der Waals surface area contributed by atoms with Crippen LogP contribution in [0.3, 0.4) is 0 Å². The molecule has 3 nitrogen and oxygen atoms in total. The van der Waals surface area contributed by atoms with Crippen LogP contribution in [0.4, 0.5) is 0 Å². The quantitative estimate of drug-likeness (QED) is 0.810. The van der Waals surface area contributed by atoms with E-state index in [4.69, 9.17) is 4.74 Å². The van der Waals surface area contributed by atoms with Gasteiger partial charge in [0.1, 0.15) is 5.75 Å². The predicted molar refractivity (Wildman–Crippen MR) is 85.6 cm³/mol. The first kappa shape index (κ1) is 15.6. The van der Waals surface area contributed by atoms with E-state index in [2.05, 4.69) is 17.5 Å². The molecule has 3 heteroatoms. The molecule has 1 aliphatic rings. The molecule has 1 aromatic rings. The predicted octanol–water partition coefficient (Wildman–Crippen LogP) is 3.69. The highest BCUT2D eigenvalue weighted by atomic mass is 16.5. The van der Waals surface area contributed by atoms with Gasteiger partial charge in [0, 0.05) is 6.54 Å². The van der Waals surface area contributed by atoms with Gasteiger partial charge in [-0.05, 0) is 57.6 Å². The summed E-state index contributed by atoms with van der Waals surface area (Å²) in [4.78, 5) is 11.8. The lowest BCUT2D eigenvalue weighted by molar-refractivity contribution is -0.123. The summed E-state index contributed by atoms with van der Waals surface area (Å²) in [6.45, 7) is 4.84. The van der Waals surface area contributed by atoms with Crippen LogP contribution in [-0.4, -0.2) is 19.1 Å². The van der Waals surface area contributed by atoms with Gasteiger partial charge in [0.2, 0.25) is 0 Å². The van der Waals surface area contributed by atoms with Crippen LogP contribution in [-0.2, 0) is 4.79 Å². The third-order valence-corrected chi connectivity index (χ3v) is 3.84. The third kappa shape index (κ3) is 5.25. The molecule has 0 bridgehead atoms. The largest absolute Gasteiger partial charge is 0.484 e. The molecule has 0 saturated heterocycles. The average molecular weight is 287 g/mol. The Kier molecular flexibility index (Phi) is 5.85. The first-order chi connectivity index (χ1) is 10.1. The summed E-state index contributed by atoms with van der Waals surface area (Å²) in [5, 5.41) is 2.93. The SMILES string of the molecule is Cc1ccc(OCC(=O)NCCC2=CCCCC2)c(C)c1. The van der Waals surface area contributed by atoms with Crippen molar-refractivity contribution >= 4 is 5.91 Å². The Morgan fingerprint density at radius 3 is 2.86 bits per heavy atom. The van der Waals surface area contributed by atoms with Crippen LogP contribution in [0, 0.1) is 13.8 Å². The van der Waals surface area contributed by atoms with E-state index in [1.54, 1.807) is 0 Å². The molecule has 1 N–H and O–H groups in total. The number of benzene rings is 1. The van der Waals surface area contributed by atoms with Crippen LogP contribution in [0.1, 0.15) is 43.2 Å². The van der Waals surface area contributed by atoms with E-state index >= 15 is 0 Å². The molecule has 0 radical (unpaired) electrons. The van der Waals surface area contributed by atoms with E-state index in [1.807, 2.05) is 26.0 Å². The van der Waals surface area contributed by atoms with Crippen molar-refractivity contribution in [2.24, 2.45) is 0 Å². The molecule has 0 saturated carbocycles. The third-order valence-electron chi connectivity index (χ3n) is 3.84. The van der Waals surface area contributed by atoms with E-state index in [1.165, 1.54) is 36.8 Å². The van der Waals surface area contributed by atoms with Crippen molar-refractivity contribution in [3.8, 4) is 5.75 Å². The fourth-order valence-corrected chi connectivity index (χ4v) is 2.65. The van der Waals surface area contributed by atoms with E-state index in [-0.39, 0.29) is 12.5 Å². The molecular weight excluding hydrogens is 262 g/mol. The number of ether oxygens (including phenoxy) is 1. The zero-order chi connectivity index (χ0) is 15.1. The minimum Gasteiger partial charge on any atom is -0.484 e. The maximum atomic E-state index is 11.8. The number of rotatable bonds is 6. The summed E-state index contributed by atoms with van der Waals surface area (Å²) in [6.07, 6.45) is 8.26. The van der Waals surface area contributed by atoms with Crippen LogP contribution in [0.5, 0.6) is 5.75 Å². The summed E-state index contributed by atoms with van der Waals surface area (Å²) in [6, 6.07) is 5.98. The number of hydrogen-bond donors (Lipinski definition) is 1. The normalized spacial score (nSPS) is 14.5. The van der Waals surface area contributed by atoms with Crippen LogP contribution in [0.25, 0.3) is 0 Å². The number of hydrogen-bond acceptors (Lipinski definition) is 2. The summed E-state index contributed by atoms with van der Waals surface area (Å²) in [5.74, 6) is 0.733. The molecule has 21 heavy (non-hydrogen) atoms. The minimum atomic E-state index is -0.0496. The smallest absolute Gasteiger partial charge is 0.257 e. The van der Waals surface area contributed by atoms with Gasteiger partial charge in [0.15, 0.2) is 6.61 Å². The molecule has 114 valence electrons. The van der Waals surface area contributed by atoms with Crippen molar-refractivity contribution in [1.29, 1.82) is 0 Å². The molecule has 1 amide bonds. The molecule has 0 atom stereocenters. The van der Waals surface area contributed by atoms with Gasteiger partial charge in [-0.1, -0.05) is 29.3 Å². The fraction of sp³-hybridized carbons (Fsp3) is 0.500. The lowest BCUT2D eigenvalue weighted by atomic mass is 9.97. The van der Waals surface area contributed by atoms with Gasteiger partial charge in [0.25, 0.3) is 5.91 Å². The lowest BCUT2D eigenvalue weighted by Crippen LogP contribution is -2.30. The van der Waals surface area contributed by atoms with Gasteiger partial charge in [-0.2, -0.15) is 0 Å². The second-order valence-corrected chi connectivity index (χ2v) is 5.77. The Morgan fingerprint density at radius 2 is 2.14 bits per heavy atom. The second-order valence-electron chi connectivity index (χ2n) is 5.77. The van der Waals surface area contributed by atoms with E-state index < -0.39 is 0 Å². The monoisotopic (exact) mass is 287 g/mol. The van der Waals surface area contributed by atoms with E-state index in [0.717, 1.165) is 17.7 Å². The average Bonchev–Trinajstić information content (AvgIpc) is 2.47. The Balaban J connectivity index is 1.68. The van der Waals surface area contributed by atoms with Crippen molar-refractivity contribution in [3.63, 3.8) is 0 Å². The van der Waals surface area contributed by atoms with Crippen molar-refractivity contribution < 1.29 is 9.53 Å². The van der Waals surface area contributed by atoms with E-state index in [0.29, 0.717) is 6.54 Å². The summed E-state index contributed by atoms with van der Waals surface area (Å²) < 4.78 is 5.57. The second kappa shape index (κ2) is 7.87. The Labute approximate surface area is 127 Å². The van der Waals surface area contributed by atoms with Gasteiger partial charge >= 0.3 is 0 Å². The highest BCUT2D eigenvalue weighted by Gasteiger charge is 2.07. The standard InChI is InChI=1S/C18H25NO2/c1-14-8-9-17(15(2)12-14)21-13-18(20)19-11-10-16-6-4-3-5-7-16/h6,8-9,12H,3-5,7,10-11,13H2,1-2H3,(H,19,20). The number of aryl methyl sites for hydroxylation is 2. The molecule has 0 heterocycles. The van der Waals surface area contributed by atoms with Crippen molar-refractivity contribution in [2.75, 3.05) is 13.2 Å². The zero-order valence-electron chi connectivity index (χ0n) is 13.1. The van der Waals surface area contributed by atoms with Crippen LogP contribution >= 0.6 is 0 Å². The molecule has 1 aromatic carbocycles. The van der Waals surface area contributed by atoms with Crippen LogP contribution < -0.4 is 10.1 Å². The molecule has 0 unspecified atom stereocenters. The Bertz CT molecular complexity index is 520. The molecule has 1 aliphatic carbocycles. The molecule has 0 aliphatic heterocycles. The zero-order valence-corrected chi connectivity index (χ0v) is 13.1.